The Morgan fingerprint density at radius 3 is 2.95 bits per heavy atom. The molecule has 118 valence electrons. The summed E-state index contributed by atoms with van der Waals surface area (Å²) in [5, 5.41) is 19.3. The largest absolute Gasteiger partial charge is 0.392 e. The molecule has 0 bridgehead atoms. The monoisotopic (exact) mass is 296 g/mol. The van der Waals surface area contributed by atoms with Gasteiger partial charge in [-0.2, -0.15) is 4.98 Å². The Labute approximate surface area is 124 Å². The van der Waals surface area contributed by atoms with E-state index in [1.54, 1.807) is 6.92 Å². The second-order valence-corrected chi connectivity index (χ2v) is 6.01. The Kier molecular flexibility index (Phi) is 5.17. The number of aromatic nitrogens is 2. The first-order chi connectivity index (χ1) is 9.99. The Morgan fingerprint density at radius 2 is 2.29 bits per heavy atom. The quantitative estimate of drug-likeness (QED) is 0.757. The fraction of sp³-hybridized carbons (Fsp3) is 0.786. The number of nitrogens with one attached hydrogen (secondary N) is 2. The lowest BCUT2D eigenvalue weighted by atomic mass is 9.73. The maximum atomic E-state index is 11.8. The van der Waals surface area contributed by atoms with Gasteiger partial charge in [0, 0.05) is 24.9 Å². The van der Waals surface area contributed by atoms with Crippen molar-refractivity contribution in [2.75, 3.05) is 13.1 Å². The van der Waals surface area contributed by atoms with Crippen molar-refractivity contribution >= 4 is 6.03 Å². The van der Waals surface area contributed by atoms with E-state index in [4.69, 9.17) is 4.52 Å². The van der Waals surface area contributed by atoms with Gasteiger partial charge in [0.25, 0.3) is 0 Å². The first-order valence-electron chi connectivity index (χ1n) is 7.48. The zero-order valence-electron chi connectivity index (χ0n) is 12.7. The molecule has 21 heavy (non-hydrogen) atoms. The summed E-state index contributed by atoms with van der Waals surface area (Å²) in [5.41, 5.74) is -0.223. The van der Waals surface area contributed by atoms with Crippen LogP contribution >= 0.6 is 0 Å². The Balaban J connectivity index is 1.67. The molecule has 2 amide bonds. The predicted molar refractivity (Wildman–Crippen MR) is 76.7 cm³/mol. The van der Waals surface area contributed by atoms with E-state index in [1.807, 2.05) is 6.92 Å². The summed E-state index contributed by atoms with van der Waals surface area (Å²) in [6.45, 7) is 4.70. The van der Waals surface area contributed by atoms with Gasteiger partial charge in [0.2, 0.25) is 5.89 Å². The predicted octanol–water partition coefficient (Wildman–Crippen LogP) is 1.16. The number of rotatable bonds is 5. The summed E-state index contributed by atoms with van der Waals surface area (Å²) in [4.78, 5) is 15.8. The minimum absolute atomic E-state index is 0.223. The lowest BCUT2D eigenvalue weighted by molar-refractivity contribution is 0.00310. The second-order valence-electron chi connectivity index (χ2n) is 6.01. The summed E-state index contributed by atoms with van der Waals surface area (Å²) in [6.07, 6.45) is 4.09. The van der Waals surface area contributed by atoms with Crippen molar-refractivity contribution in [3.05, 3.63) is 11.7 Å². The van der Waals surface area contributed by atoms with Crippen LogP contribution in [0, 0.1) is 12.3 Å². The third kappa shape index (κ3) is 4.42. The molecule has 0 aromatic carbocycles. The number of urea groups is 1. The van der Waals surface area contributed by atoms with Crippen LogP contribution in [0.4, 0.5) is 4.79 Å². The lowest BCUT2D eigenvalue weighted by Gasteiger charge is -2.38. The van der Waals surface area contributed by atoms with E-state index in [9.17, 15) is 9.90 Å². The topological polar surface area (TPSA) is 100 Å². The number of aliphatic hydroxyl groups is 1. The number of carbonyl (C=O) groups excluding carboxylic acids is 1. The molecule has 1 heterocycles. The summed E-state index contributed by atoms with van der Waals surface area (Å²) >= 11 is 0. The highest BCUT2D eigenvalue weighted by Gasteiger charge is 2.35. The molecule has 0 spiro atoms. The van der Waals surface area contributed by atoms with Crippen LogP contribution in [-0.2, 0) is 6.42 Å². The highest BCUT2D eigenvalue weighted by molar-refractivity contribution is 5.73. The van der Waals surface area contributed by atoms with E-state index >= 15 is 0 Å². The van der Waals surface area contributed by atoms with Crippen LogP contribution in [0.15, 0.2) is 4.52 Å². The average Bonchev–Trinajstić information content (AvgIpc) is 2.86. The number of amides is 2. The molecule has 1 aromatic heterocycles. The Hall–Kier alpha value is -1.63. The van der Waals surface area contributed by atoms with E-state index in [2.05, 4.69) is 20.8 Å². The van der Waals surface area contributed by atoms with Crippen molar-refractivity contribution < 1.29 is 14.4 Å². The van der Waals surface area contributed by atoms with E-state index in [0.29, 0.717) is 31.2 Å². The maximum Gasteiger partial charge on any atom is 0.314 e. The zero-order chi connectivity index (χ0) is 15.3. The second kappa shape index (κ2) is 6.89. The molecule has 1 aromatic rings. The van der Waals surface area contributed by atoms with E-state index in [0.717, 1.165) is 25.7 Å². The van der Waals surface area contributed by atoms with Gasteiger partial charge in [-0.05, 0) is 19.8 Å². The minimum Gasteiger partial charge on any atom is -0.392 e. The molecule has 1 aliphatic rings. The van der Waals surface area contributed by atoms with E-state index in [-0.39, 0.29) is 17.6 Å². The fourth-order valence-corrected chi connectivity index (χ4v) is 2.66. The summed E-state index contributed by atoms with van der Waals surface area (Å²) in [7, 11) is 0. The van der Waals surface area contributed by atoms with Crippen LogP contribution in [0.1, 0.15) is 44.3 Å². The van der Waals surface area contributed by atoms with Crippen molar-refractivity contribution in [3.8, 4) is 0 Å². The van der Waals surface area contributed by atoms with Crippen molar-refractivity contribution in [1.82, 2.24) is 20.8 Å². The van der Waals surface area contributed by atoms with Crippen LogP contribution in [0.5, 0.6) is 0 Å². The molecule has 2 unspecified atom stereocenters. The van der Waals surface area contributed by atoms with Gasteiger partial charge in [0.1, 0.15) is 0 Å². The Morgan fingerprint density at radius 1 is 1.48 bits per heavy atom. The summed E-state index contributed by atoms with van der Waals surface area (Å²) < 4.78 is 4.97. The molecule has 7 nitrogen and oxygen atoms in total. The molecule has 1 saturated carbocycles. The van der Waals surface area contributed by atoms with Gasteiger partial charge in [-0.3, -0.25) is 0 Å². The molecule has 3 N–H and O–H groups in total. The average molecular weight is 296 g/mol. The van der Waals surface area contributed by atoms with E-state index < -0.39 is 0 Å². The SMILES string of the molecule is Cc1noc(CCNC(=O)NCC2(C)CCCCC2O)n1. The number of carbonyl (C=O) groups is 1. The molecule has 0 saturated heterocycles. The van der Waals surface area contributed by atoms with Crippen molar-refractivity contribution in [2.45, 2.75) is 52.1 Å². The normalized spacial score (nSPS) is 25.6. The molecule has 0 radical (unpaired) electrons. The summed E-state index contributed by atoms with van der Waals surface area (Å²) in [5.74, 6) is 1.11. The van der Waals surface area contributed by atoms with Crippen LogP contribution in [0.25, 0.3) is 0 Å². The molecule has 2 rings (SSSR count). The molecule has 2 atom stereocenters. The van der Waals surface area contributed by atoms with Gasteiger partial charge in [0.15, 0.2) is 5.82 Å². The first-order valence-corrected chi connectivity index (χ1v) is 7.48. The van der Waals surface area contributed by atoms with Crippen LogP contribution in [0.2, 0.25) is 0 Å². The van der Waals surface area contributed by atoms with Gasteiger partial charge < -0.3 is 20.3 Å². The molecular weight excluding hydrogens is 272 g/mol. The van der Waals surface area contributed by atoms with Gasteiger partial charge >= 0.3 is 6.03 Å². The first kappa shape index (κ1) is 15.8. The van der Waals surface area contributed by atoms with Crippen molar-refractivity contribution in [3.63, 3.8) is 0 Å². The van der Waals surface area contributed by atoms with Crippen LogP contribution in [-0.4, -0.2) is 40.5 Å². The number of hydrogen-bond acceptors (Lipinski definition) is 5. The maximum absolute atomic E-state index is 11.8. The van der Waals surface area contributed by atoms with Crippen molar-refractivity contribution in [2.24, 2.45) is 5.41 Å². The minimum atomic E-state index is -0.340. The van der Waals surface area contributed by atoms with Crippen molar-refractivity contribution in [1.29, 1.82) is 0 Å². The lowest BCUT2D eigenvalue weighted by Crippen LogP contribution is -2.47. The number of nitrogens with zero attached hydrogens (tertiary/aromatic N) is 2. The molecular formula is C14H24N4O3. The fourth-order valence-electron chi connectivity index (χ4n) is 2.66. The zero-order valence-corrected chi connectivity index (χ0v) is 12.7. The smallest absolute Gasteiger partial charge is 0.314 e. The van der Waals surface area contributed by atoms with Gasteiger partial charge in [-0.1, -0.05) is 24.9 Å². The summed E-state index contributed by atoms with van der Waals surface area (Å²) in [6, 6.07) is -0.231. The van der Waals surface area contributed by atoms with Gasteiger partial charge in [-0.15, -0.1) is 0 Å². The molecule has 1 aliphatic carbocycles. The number of hydrogen-bond donors (Lipinski definition) is 3. The van der Waals surface area contributed by atoms with E-state index in [1.165, 1.54) is 0 Å². The Bertz CT molecular complexity index is 477. The van der Waals surface area contributed by atoms with Gasteiger partial charge in [0.05, 0.1) is 6.10 Å². The molecule has 7 heteroatoms. The third-order valence-corrected chi connectivity index (χ3v) is 4.13. The standard InChI is InChI=1S/C14H24N4O3/c1-10-17-12(21-18-10)6-8-15-13(20)16-9-14(2)7-4-3-5-11(14)19/h11,19H,3-9H2,1-2H3,(H2,15,16,20). The molecule has 0 aliphatic heterocycles. The number of aryl methyl sites for hydroxylation is 1. The van der Waals surface area contributed by atoms with Gasteiger partial charge in [-0.25, -0.2) is 4.79 Å². The van der Waals surface area contributed by atoms with Crippen LogP contribution < -0.4 is 10.6 Å². The third-order valence-electron chi connectivity index (χ3n) is 4.13. The highest BCUT2D eigenvalue weighted by Crippen LogP contribution is 2.35. The number of aliphatic hydroxyl groups excluding tert-OH is 1. The van der Waals surface area contributed by atoms with Crippen LogP contribution in [0.3, 0.4) is 0 Å². The highest BCUT2D eigenvalue weighted by atomic mass is 16.5. The molecule has 1 fully saturated rings.